The van der Waals surface area contributed by atoms with Crippen molar-refractivity contribution in [2.24, 2.45) is 0 Å². The molecule has 0 heterocycles. The second-order valence-electron chi connectivity index (χ2n) is 4.84. The van der Waals surface area contributed by atoms with Gasteiger partial charge in [-0.25, -0.2) is 14.4 Å². The Hall–Kier alpha value is -2.61. The van der Waals surface area contributed by atoms with Gasteiger partial charge in [-0.3, -0.25) is 0 Å². The molecule has 0 saturated carbocycles. The van der Waals surface area contributed by atoms with Crippen LogP contribution in [-0.4, -0.2) is 85.2 Å². The molecule has 12 heteroatoms. The zero-order valence-corrected chi connectivity index (χ0v) is 13.9. The number of ether oxygens (including phenoxy) is 3. The molecule has 6 N–H and O–H groups in total. The van der Waals surface area contributed by atoms with E-state index >= 15 is 0 Å². The monoisotopic (exact) mass is 392 g/mol. The summed E-state index contributed by atoms with van der Waals surface area (Å²) in [6, 6.07) is 0. The molecule has 0 fully saturated rings. The van der Waals surface area contributed by atoms with Gasteiger partial charge in [0.1, 0.15) is 12.2 Å². The van der Waals surface area contributed by atoms with E-state index in [-0.39, 0.29) is 0 Å². The van der Waals surface area contributed by atoms with Crippen LogP contribution in [0.2, 0.25) is 0 Å². The molecule has 0 bridgehead atoms. The molecular weight excluding hydrogens is 372 g/mol. The van der Waals surface area contributed by atoms with Crippen LogP contribution in [0.5, 0.6) is 0 Å². The zero-order chi connectivity index (χ0) is 21.4. The van der Waals surface area contributed by atoms with Gasteiger partial charge < -0.3 is 44.8 Å². The molecule has 0 aromatic carbocycles. The fourth-order valence-electron chi connectivity index (χ4n) is 1.58. The van der Waals surface area contributed by atoms with Crippen molar-refractivity contribution in [1.29, 1.82) is 0 Å². The number of aliphatic hydroxyl groups is 6. The van der Waals surface area contributed by atoms with Gasteiger partial charge in [-0.2, -0.15) is 0 Å². The van der Waals surface area contributed by atoms with Crippen molar-refractivity contribution in [3.05, 3.63) is 38.0 Å². The molecule has 4 atom stereocenters. The third kappa shape index (κ3) is 5.68. The summed E-state index contributed by atoms with van der Waals surface area (Å²) < 4.78 is 12.9. The Labute approximate surface area is 152 Å². The molecule has 152 valence electrons. The number of aliphatic hydroxyl groups excluding tert-OH is 4. The zero-order valence-electron chi connectivity index (χ0n) is 13.9. The average Bonchev–Trinajstić information content (AvgIpc) is 2.64. The molecule has 0 saturated heterocycles. The molecule has 0 aromatic heterocycles. The normalized spacial score (nSPS) is 16.7. The van der Waals surface area contributed by atoms with Gasteiger partial charge in [-0.15, -0.1) is 0 Å². The molecule has 12 nitrogen and oxygen atoms in total. The van der Waals surface area contributed by atoms with Gasteiger partial charge in [-0.05, 0) is 0 Å². The summed E-state index contributed by atoms with van der Waals surface area (Å²) in [5.41, 5.74) is 0. The quantitative estimate of drug-likeness (QED) is 0.116. The highest BCUT2D eigenvalue weighted by Crippen LogP contribution is 2.33. The van der Waals surface area contributed by atoms with Crippen LogP contribution < -0.4 is 0 Å². The Morgan fingerprint density at radius 2 is 1.22 bits per heavy atom. The molecule has 0 aliphatic heterocycles. The van der Waals surface area contributed by atoms with Gasteiger partial charge in [0.05, 0.1) is 6.61 Å². The van der Waals surface area contributed by atoms with Crippen molar-refractivity contribution >= 4 is 17.9 Å². The van der Waals surface area contributed by atoms with E-state index in [1.807, 2.05) is 0 Å². The predicted molar refractivity (Wildman–Crippen MR) is 83.9 cm³/mol. The standard InChI is InChI=1S/C15H20O12/c1-4-9(18)25-14(23,13(22)12(21)8(17)7-16)15(24,26-10(19)5-2)27-11(20)6-3/h4-6,8,12-13,16-17,21-24H,1-3,7H2/t8-,12+,13+,14+/m0/s1. The van der Waals surface area contributed by atoms with Crippen LogP contribution in [0.1, 0.15) is 0 Å². The average molecular weight is 392 g/mol. The Kier molecular flexibility index (Phi) is 8.96. The Morgan fingerprint density at radius 3 is 1.56 bits per heavy atom. The number of esters is 3. The summed E-state index contributed by atoms with van der Waals surface area (Å²) in [5.74, 6) is -12.5. The molecule has 0 radical (unpaired) electrons. The smallest absolute Gasteiger partial charge is 0.416 e. The van der Waals surface area contributed by atoms with Crippen molar-refractivity contribution in [3.8, 4) is 0 Å². The van der Waals surface area contributed by atoms with E-state index in [0.717, 1.165) is 0 Å². The first kappa shape index (κ1) is 24.4. The molecule has 0 aromatic rings. The molecule has 0 aliphatic rings. The van der Waals surface area contributed by atoms with E-state index in [9.17, 15) is 39.9 Å². The molecule has 0 rings (SSSR count). The fraction of sp³-hybridized carbons (Fsp3) is 0.400. The SMILES string of the molecule is C=CC(=O)OC(O)(OC(=O)C=C)[C@](O)(OC(=O)C=C)[C@H](O)[C@H](O)[C@@H](O)CO. The highest BCUT2D eigenvalue weighted by molar-refractivity contribution is 5.84. The van der Waals surface area contributed by atoms with E-state index in [4.69, 9.17) is 5.11 Å². The van der Waals surface area contributed by atoms with Crippen molar-refractivity contribution in [2.45, 2.75) is 30.1 Å². The Balaban J connectivity index is 6.40. The van der Waals surface area contributed by atoms with E-state index < -0.39 is 54.6 Å². The van der Waals surface area contributed by atoms with E-state index in [1.54, 1.807) is 0 Å². The van der Waals surface area contributed by atoms with E-state index in [1.165, 1.54) is 0 Å². The van der Waals surface area contributed by atoms with Crippen LogP contribution >= 0.6 is 0 Å². The van der Waals surface area contributed by atoms with Crippen LogP contribution in [0.15, 0.2) is 38.0 Å². The molecule has 0 amide bonds. The molecular formula is C15H20O12. The lowest BCUT2D eigenvalue weighted by molar-refractivity contribution is -0.463. The minimum Gasteiger partial charge on any atom is -0.416 e. The van der Waals surface area contributed by atoms with Crippen molar-refractivity contribution in [2.75, 3.05) is 6.61 Å². The summed E-state index contributed by atoms with van der Waals surface area (Å²) in [7, 11) is 0. The van der Waals surface area contributed by atoms with Gasteiger partial charge in [0.15, 0.2) is 6.10 Å². The second kappa shape index (κ2) is 9.91. The maximum atomic E-state index is 11.5. The minimum absolute atomic E-state index is 0.428. The molecule has 0 spiro atoms. The minimum atomic E-state index is -3.96. The maximum absolute atomic E-state index is 11.5. The third-order valence-electron chi connectivity index (χ3n) is 2.99. The largest absolute Gasteiger partial charge is 0.447 e. The number of rotatable bonds is 11. The lowest BCUT2D eigenvalue weighted by Gasteiger charge is -2.42. The highest BCUT2D eigenvalue weighted by atomic mass is 16.9. The first-order valence-electron chi connectivity index (χ1n) is 7.08. The first-order valence-corrected chi connectivity index (χ1v) is 7.08. The predicted octanol–water partition coefficient (Wildman–Crippen LogP) is -3.42. The number of hydrogen-bond acceptors (Lipinski definition) is 12. The van der Waals surface area contributed by atoms with Crippen LogP contribution in [0, 0.1) is 0 Å². The lowest BCUT2D eigenvalue weighted by atomic mass is 9.97. The van der Waals surface area contributed by atoms with Crippen molar-refractivity contribution in [3.63, 3.8) is 0 Å². The number of carbonyl (C=O) groups is 3. The Bertz CT molecular complexity index is 578. The molecule has 0 aliphatic carbocycles. The van der Waals surface area contributed by atoms with Gasteiger partial charge in [0, 0.05) is 18.2 Å². The number of hydrogen-bond donors (Lipinski definition) is 6. The van der Waals surface area contributed by atoms with Crippen molar-refractivity contribution in [1.82, 2.24) is 0 Å². The molecule has 27 heavy (non-hydrogen) atoms. The van der Waals surface area contributed by atoms with Crippen molar-refractivity contribution < 1.29 is 59.2 Å². The fourth-order valence-corrected chi connectivity index (χ4v) is 1.58. The van der Waals surface area contributed by atoms with Crippen LogP contribution in [0.4, 0.5) is 0 Å². The molecule has 0 unspecified atom stereocenters. The summed E-state index contributed by atoms with van der Waals surface area (Å²) in [6.07, 6.45) is -6.24. The summed E-state index contributed by atoms with van der Waals surface area (Å²) in [6.45, 7) is 7.81. The topological polar surface area (TPSA) is 200 Å². The van der Waals surface area contributed by atoms with E-state index in [0.29, 0.717) is 18.2 Å². The first-order chi connectivity index (χ1) is 12.4. The van der Waals surface area contributed by atoms with Crippen LogP contribution in [0.3, 0.4) is 0 Å². The van der Waals surface area contributed by atoms with Crippen LogP contribution in [-0.2, 0) is 28.6 Å². The number of carbonyl (C=O) groups excluding carboxylic acids is 3. The van der Waals surface area contributed by atoms with Gasteiger partial charge in [0.25, 0.3) is 0 Å². The van der Waals surface area contributed by atoms with Gasteiger partial charge in [-0.1, -0.05) is 19.7 Å². The summed E-state index contributed by atoms with van der Waals surface area (Å²) in [5, 5.41) is 59.1. The third-order valence-corrected chi connectivity index (χ3v) is 2.99. The summed E-state index contributed by atoms with van der Waals surface area (Å²) in [4.78, 5) is 34.4. The maximum Gasteiger partial charge on any atom is 0.447 e. The Morgan fingerprint density at radius 1 is 0.852 bits per heavy atom. The second-order valence-corrected chi connectivity index (χ2v) is 4.84. The van der Waals surface area contributed by atoms with Gasteiger partial charge >= 0.3 is 29.7 Å². The summed E-state index contributed by atoms with van der Waals surface area (Å²) >= 11 is 0. The highest BCUT2D eigenvalue weighted by Gasteiger charge is 2.67. The van der Waals surface area contributed by atoms with Crippen LogP contribution in [0.25, 0.3) is 0 Å². The lowest BCUT2D eigenvalue weighted by Crippen LogP contribution is -2.70. The van der Waals surface area contributed by atoms with E-state index in [2.05, 4.69) is 33.9 Å². The van der Waals surface area contributed by atoms with Gasteiger partial charge in [0.2, 0.25) is 0 Å².